The predicted molar refractivity (Wildman–Crippen MR) is 75.6 cm³/mol. The van der Waals surface area contributed by atoms with Gasteiger partial charge in [-0.3, -0.25) is 9.59 Å². The maximum Gasteiger partial charge on any atom is 0.387 e. The summed E-state index contributed by atoms with van der Waals surface area (Å²) >= 11 is 0. The number of nitrogens with zero attached hydrogens (tertiary/aromatic N) is 1. The van der Waals surface area contributed by atoms with Crippen LogP contribution in [0.25, 0.3) is 0 Å². The first kappa shape index (κ1) is 17.1. The number of aliphatic carboxylic acids is 1. The van der Waals surface area contributed by atoms with Crippen LogP contribution in [0, 0.1) is 0 Å². The van der Waals surface area contributed by atoms with Crippen LogP contribution in [0.15, 0.2) is 24.3 Å². The summed E-state index contributed by atoms with van der Waals surface area (Å²) in [6.07, 6.45) is -0.0237. The quantitative estimate of drug-likeness (QED) is 0.864. The Hall–Kier alpha value is -2.22. The van der Waals surface area contributed by atoms with Crippen LogP contribution < -0.4 is 4.74 Å². The topological polar surface area (TPSA) is 76.1 Å². The highest BCUT2D eigenvalue weighted by Gasteiger charge is 2.37. The van der Waals surface area contributed by atoms with Gasteiger partial charge >= 0.3 is 12.6 Å². The number of ether oxygens (including phenoxy) is 2. The number of benzene rings is 1. The van der Waals surface area contributed by atoms with E-state index >= 15 is 0 Å². The number of carboxylic acids is 1. The zero-order valence-corrected chi connectivity index (χ0v) is 12.4. The van der Waals surface area contributed by atoms with Crippen molar-refractivity contribution in [3.05, 3.63) is 29.8 Å². The molecule has 2 unspecified atom stereocenters. The van der Waals surface area contributed by atoms with Gasteiger partial charge in [-0.1, -0.05) is 6.07 Å². The Labute approximate surface area is 131 Å². The van der Waals surface area contributed by atoms with Crippen molar-refractivity contribution in [2.45, 2.75) is 31.6 Å². The van der Waals surface area contributed by atoms with Crippen LogP contribution in [-0.4, -0.2) is 54.3 Å². The van der Waals surface area contributed by atoms with Crippen molar-refractivity contribution in [2.75, 3.05) is 13.7 Å². The highest BCUT2D eigenvalue weighted by molar-refractivity contribution is 5.95. The molecule has 1 aliphatic heterocycles. The van der Waals surface area contributed by atoms with Crippen molar-refractivity contribution >= 4 is 11.9 Å². The van der Waals surface area contributed by atoms with Crippen molar-refractivity contribution in [2.24, 2.45) is 0 Å². The van der Waals surface area contributed by atoms with Crippen LogP contribution in [0.5, 0.6) is 5.75 Å². The van der Waals surface area contributed by atoms with Crippen molar-refractivity contribution in [3.8, 4) is 5.75 Å². The second-order valence-corrected chi connectivity index (χ2v) is 5.21. The Morgan fingerprint density at radius 1 is 1.43 bits per heavy atom. The molecule has 0 aliphatic carbocycles. The predicted octanol–water partition coefficient (Wildman–Crippen LogP) is 1.99. The highest BCUT2D eigenvalue weighted by Crippen LogP contribution is 2.26. The van der Waals surface area contributed by atoms with E-state index in [-0.39, 0.29) is 30.4 Å². The largest absolute Gasteiger partial charge is 0.481 e. The summed E-state index contributed by atoms with van der Waals surface area (Å²) in [4.78, 5) is 24.9. The van der Waals surface area contributed by atoms with Crippen LogP contribution in [-0.2, 0) is 9.53 Å². The fraction of sp³-hybridized carbons (Fsp3) is 0.467. The lowest BCUT2D eigenvalue weighted by molar-refractivity contribution is -0.138. The lowest BCUT2D eigenvalue weighted by atomic mass is 10.1. The third-order valence-corrected chi connectivity index (χ3v) is 3.69. The maximum atomic E-state index is 12.6. The molecule has 0 aromatic heterocycles. The normalized spacial score (nSPS) is 20.8. The van der Waals surface area contributed by atoms with Crippen LogP contribution in [0.3, 0.4) is 0 Å². The average Bonchev–Trinajstić information content (AvgIpc) is 2.88. The number of carboxylic acid groups (broad SMARTS) is 1. The van der Waals surface area contributed by atoms with E-state index in [0.717, 1.165) is 0 Å². The van der Waals surface area contributed by atoms with Crippen molar-refractivity contribution < 1.29 is 33.0 Å². The number of carbonyl (C=O) groups excluding carboxylic acids is 1. The third-order valence-electron chi connectivity index (χ3n) is 3.69. The third kappa shape index (κ3) is 4.38. The van der Waals surface area contributed by atoms with E-state index in [9.17, 15) is 18.4 Å². The molecule has 1 N–H and O–H groups in total. The van der Waals surface area contributed by atoms with Gasteiger partial charge in [-0.2, -0.15) is 8.78 Å². The summed E-state index contributed by atoms with van der Waals surface area (Å²) in [6.45, 7) is -2.72. The number of likely N-dealkylation sites (tertiary alicyclic amines) is 1. The Bertz CT molecular complexity index is 581. The maximum absolute atomic E-state index is 12.6. The molecule has 2 atom stereocenters. The second-order valence-electron chi connectivity index (χ2n) is 5.21. The average molecular weight is 329 g/mol. The summed E-state index contributed by atoms with van der Waals surface area (Å²) in [5.74, 6) is -1.57. The number of hydrogen-bond acceptors (Lipinski definition) is 4. The van der Waals surface area contributed by atoms with Gasteiger partial charge in [-0.15, -0.1) is 0 Å². The van der Waals surface area contributed by atoms with Gasteiger partial charge in [0.2, 0.25) is 0 Å². The minimum Gasteiger partial charge on any atom is -0.481 e. The molecule has 1 aromatic rings. The lowest BCUT2D eigenvalue weighted by Gasteiger charge is -2.23. The molecule has 0 bridgehead atoms. The van der Waals surface area contributed by atoms with Gasteiger partial charge in [0.1, 0.15) is 5.75 Å². The Morgan fingerprint density at radius 3 is 2.78 bits per heavy atom. The van der Waals surface area contributed by atoms with Gasteiger partial charge in [-0.05, 0) is 24.6 Å². The Morgan fingerprint density at radius 2 is 2.17 bits per heavy atom. The monoisotopic (exact) mass is 329 g/mol. The van der Waals surface area contributed by atoms with Gasteiger partial charge in [0, 0.05) is 25.3 Å². The molecule has 1 heterocycles. The molecule has 126 valence electrons. The lowest BCUT2D eigenvalue weighted by Crippen LogP contribution is -2.37. The number of alkyl halides is 2. The molecule has 6 nitrogen and oxygen atoms in total. The molecular weight excluding hydrogens is 312 g/mol. The fourth-order valence-corrected chi connectivity index (χ4v) is 2.66. The molecule has 1 aromatic carbocycles. The summed E-state index contributed by atoms with van der Waals surface area (Å²) in [5, 5.41) is 8.96. The highest BCUT2D eigenvalue weighted by atomic mass is 19.3. The second kappa shape index (κ2) is 7.36. The van der Waals surface area contributed by atoms with Crippen LogP contribution in [0.4, 0.5) is 8.78 Å². The van der Waals surface area contributed by atoms with Crippen molar-refractivity contribution in [1.82, 2.24) is 4.90 Å². The van der Waals surface area contributed by atoms with Gasteiger partial charge < -0.3 is 19.5 Å². The number of amides is 1. The van der Waals surface area contributed by atoms with E-state index in [1.165, 1.54) is 36.3 Å². The van der Waals surface area contributed by atoms with Crippen molar-refractivity contribution in [1.29, 1.82) is 0 Å². The van der Waals surface area contributed by atoms with E-state index in [1.807, 2.05) is 0 Å². The molecule has 0 spiro atoms. The summed E-state index contributed by atoms with van der Waals surface area (Å²) in [5.41, 5.74) is 0.162. The Balaban J connectivity index is 2.18. The Kier molecular flexibility index (Phi) is 5.49. The standard InChI is InChI=1S/C15H17F2NO5/c1-22-12-6-10(7-13(19)20)18(8-12)14(21)9-3-2-4-11(5-9)23-15(16)17/h2-5,10,12,15H,6-8H2,1H3,(H,19,20). The molecule has 2 rings (SSSR count). The molecular formula is C15H17F2NO5. The smallest absolute Gasteiger partial charge is 0.387 e. The van der Waals surface area contributed by atoms with E-state index in [1.54, 1.807) is 0 Å². The molecule has 0 saturated carbocycles. The van der Waals surface area contributed by atoms with Gasteiger partial charge in [0.15, 0.2) is 0 Å². The van der Waals surface area contributed by atoms with Gasteiger partial charge in [0.05, 0.1) is 12.5 Å². The van der Waals surface area contributed by atoms with Crippen LogP contribution >= 0.6 is 0 Å². The molecule has 1 saturated heterocycles. The van der Waals surface area contributed by atoms with Crippen LogP contribution in [0.1, 0.15) is 23.2 Å². The molecule has 8 heteroatoms. The summed E-state index contributed by atoms with van der Waals surface area (Å²) in [6, 6.07) is 4.94. The SMILES string of the molecule is COC1CC(CC(=O)O)N(C(=O)c2cccc(OC(F)F)c2)C1. The zero-order chi connectivity index (χ0) is 17.0. The number of rotatable bonds is 6. The van der Waals surface area contributed by atoms with Crippen LogP contribution in [0.2, 0.25) is 0 Å². The zero-order valence-electron chi connectivity index (χ0n) is 12.4. The summed E-state index contributed by atoms with van der Waals surface area (Å²) < 4.78 is 34.0. The van der Waals surface area contributed by atoms with Gasteiger partial charge in [-0.25, -0.2) is 0 Å². The summed E-state index contributed by atoms with van der Waals surface area (Å²) in [7, 11) is 1.49. The number of carbonyl (C=O) groups is 2. The first-order chi connectivity index (χ1) is 10.9. The van der Waals surface area contributed by atoms with E-state index in [0.29, 0.717) is 6.42 Å². The molecule has 1 amide bonds. The first-order valence-electron chi connectivity index (χ1n) is 7.01. The minimum atomic E-state index is -2.98. The molecule has 1 fully saturated rings. The fourth-order valence-electron chi connectivity index (χ4n) is 2.66. The molecule has 1 aliphatic rings. The number of halogens is 2. The van der Waals surface area contributed by atoms with E-state index in [2.05, 4.69) is 4.74 Å². The molecule has 23 heavy (non-hydrogen) atoms. The van der Waals surface area contributed by atoms with Gasteiger partial charge in [0.25, 0.3) is 5.91 Å². The van der Waals surface area contributed by atoms with E-state index < -0.39 is 24.5 Å². The molecule has 0 radical (unpaired) electrons. The van der Waals surface area contributed by atoms with Crippen molar-refractivity contribution in [3.63, 3.8) is 0 Å². The first-order valence-corrected chi connectivity index (χ1v) is 7.01. The number of hydrogen-bond donors (Lipinski definition) is 1. The minimum absolute atomic E-state index is 0.122. The number of methoxy groups -OCH3 is 1. The van der Waals surface area contributed by atoms with E-state index in [4.69, 9.17) is 9.84 Å².